The van der Waals surface area contributed by atoms with Crippen LogP contribution < -0.4 is 4.74 Å². The van der Waals surface area contributed by atoms with Gasteiger partial charge in [-0.1, -0.05) is 0 Å². The van der Waals surface area contributed by atoms with Crippen LogP contribution in [0.25, 0.3) is 10.9 Å². The van der Waals surface area contributed by atoms with E-state index in [9.17, 15) is 4.79 Å². The molecule has 0 atom stereocenters. The van der Waals surface area contributed by atoms with Gasteiger partial charge in [-0.15, -0.1) is 0 Å². The van der Waals surface area contributed by atoms with E-state index in [4.69, 9.17) is 4.74 Å². The minimum Gasteiger partial charge on any atom is -0.493 e. The Morgan fingerprint density at radius 2 is 2.33 bits per heavy atom. The molecule has 0 spiro atoms. The van der Waals surface area contributed by atoms with Crippen molar-refractivity contribution in [1.82, 2.24) is 4.98 Å². The molecule has 2 aromatic rings. The maximum absolute atomic E-state index is 10.9. The number of nitrogens with one attached hydrogen (secondary N) is 1. The smallest absolute Gasteiger partial charge is 0.152 e. The van der Waals surface area contributed by atoms with Gasteiger partial charge in [0.2, 0.25) is 0 Å². The molecule has 3 rings (SSSR count). The zero-order valence-electron chi connectivity index (χ0n) is 8.25. The quantitative estimate of drug-likeness (QED) is 0.719. The summed E-state index contributed by atoms with van der Waals surface area (Å²) in [6.07, 6.45) is 4.67. The van der Waals surface area contributed by atoms with Crippen LogP contribution in [0.5, 0.6) is 5.75 Å². The number of aldehydes is 1. The second kappa shape index (κ2) is 3.12. The van der Waals surface area contributed by atoms with Crippen LogP contribution in [0.1, 0.15) is 22.3 Å². The van der Waals surface area contributed by atoms with Crippen molar-refractivity contribution < 1.29 is 9.53 Å². The van der Waals surface area contributed by atoms with Crippen molar-refractivity contribution >= 4 is 17.2 Å². The molecule has 0 unspecified atom stereocenters. The monoisotopic (exact) mass is 201 g/mol. The number of fused-ring (bicyclic) bond motifs is 3. The first-order chi connectivity index (χ1) is 7.40. The van der Waals surface area contributed by atoms with Crippen LogP contribution >= 0.6 is 0 Å². The normalized spacial score (nSPS) is 14.7. The van der Waals surface area contributed by atoms with Gasteiger partial charge in [-0.25, -0.2) is 0 Å². The van der Waals surface area contributed by atoms with Crippen LogP contribution in [0.3, 0.4) is 0 Å². The number of aromatic amines is 1. The van der Waals surface area contributed by atoms with E-state index >= 15 is 0 Å². The van der Waals surface area contributed by atoms with Crippen molar-refractivity contribution in [2.45, 2.75) is 12.8 Å². The van der Waals surface area contributed by atoms with Crippen molar-refractivity contribution in [2.75, 3.05) is 6.61 Å². The lowest BCUT2D eigenvalue weighted by Gasteiger charge is -2.17. The Labute approximate surface area is 87.1 Å². The third-order valence-electron chi connectivity index (χ3n) is 2.90. The fourth-order valence-electron chi connectivity index (χ4n) is 2.21. The Balaban J connectivity index is 2.37. The SMILES string of the molecule is O=Cc1c[nH]c2ccc3c(c12)CCCO3. The van der Waals surface area contributed by atoms with E-state index < -0.39 is 0 Å². The molecule has 3 nitrogen and oxygen atoms in total. The van der Waals surface area contributed by atoms with Gasteiger partial charge in [0, 0.05) is 28.2 Å². The highest BCUT2D eigenvalue weighted by molar-refractivity contribution is 6.00. The number of aromatic nitrogens is 1. The van der Waals surface area contributed by atoms with Crippen LogP contribution in [0.4, 0.5) is 0 Å². The van der Waals surface area contributed by atoms with Crippen LogP contribution in [0, 0.1) is 0 Å². The molecule has 0 amide bonds. The lowest BCUT2D eigenvalue weighted by atomic mass is 10.00. The summed E-state index contributed by atoms with van der Waals surface area (Å²) in [6, 6.07) is 3.94. The Hall–Kier alpha value is -1.77. The number of hydrogen-bond donors (Lipinski definition) is 1. The maximum Gasteiger partial charge on any atom is 0.152 e. The summed E-state index contributed by atoms with van der Waals surface area (Å²) in [5.41, 5.74) is 2.91. The Bertz CT molecular complexity index is 528. The van der Waals surface area contributed by atoms with Crippen LogP contribution in [-0.2, 0) is 6.42 Å². The number of ether oxygens (including phenoxy) is 1. The molecule has 0 saturated carbocycles. The highest BCUT2D eigenvalue weighted by Gasteiger charge is 2.16. The first kappa shape index (κ1) is 8.53. The zero-order valence-corrected chi connectivity index (χ0v) is 8.25. The Morgan fingerprint density at radius 3 is 3.20 bits per heavy atom. The van der Waals surface area contributed by atoms with Gasteiger partial charge in [-0.3, -0.25) is 4.79 Å². The maximum atomic E-state index is 10.9. The molecular formula is C12H11NO2. The summed E-state index contributed by atoms with van der Waals surface area (Å²) in [5, 5.41) is 1.03. The van der Waals surface area contributed by atoms with Gasteiger partial charge in [-0.2, -0.15) is 0 Å². The molecule has 76 valence electrons. The standard InChI is InChI=1S/C12H11NO2/c14-7-8-6-13-10-3-4-11-9(12(8)10)2-1-5-15-11/h3-4,6-7,13H,1-2,5H2. The minimum atomic E-state index is 0.729. The molecule has 1 aromatic heterocycles. The molecule has 1 N–H and O–H groups in total. The molecule has 0 aliphatic carbocycles. The summed E-state index contributed by atoms with van der Waals surface area (Å²) < 4.78 is 5.57. The molecule has 2 heterocycles. The summed E-state index contributed by atoms with van der Waals surface area (Å²) in [6.45, 7) is 0.777. The van der Waals surface area contributed by atoms with E-state index in [1.807, 2.05) is 12.1 Å². The molecule has 0 radical (unpaired) electrons. The molecule has 1 aromatic carbocycles. The molecule has 0 fully saturated rings. The van der Waals surface area contributed by atoms with Gasteiger partial charge in [0.25, 0.3) is 0 Å². The van der Waals surface area contributed by atoms with Crippen molar-refractivity contribution in [3.63, 3.8) is 0 Å². The fraction of sp³-hybridized carbons (Fsp3) is 0.250. The second-order valence-electron chi connectivity index (χ2n) is 3.78. The number of hydrogen-bond acceptors (Lipinski definition) is 2. The van der Waals surface area contributed by atoms with E-state index in [-0.39, 0.29) is 0 Å². The highest BCUT2D eigenvalue weighted by Crippen LogP contribution is 2.33. The van der Waals surface area contributed by atoms with Crippen LogP contribution in [0.15, 0.2) is 18.3 Å². The number of benzene rings is 1. The van der Waals surface area contributed by atoms with Crippen molar-refractivity contribution in [3.05, 3.63) is 29.5 Å². The van der Waals surface area contributed by atoms with E-state index in [2.05, 4.69) is 4.98 Å². The Kier molecular flexibility index (Phi) is 1.78. The first-order valence-electron chi connectivity index (χ1n) is 5.11. The molecule has 1 aliphatic rings. The predicted octanol–water partition coefficient (Wildman–Crippen LogP) is 2.31. The van der Waals surface area contributed by atoms with Crippen molar-refractivity contribution in [1.29, 1.82) is 0 Å². The average molecular weight is 201 g/mol. The van der Waals surface area contributed by atoms with Crippen molar-refractivity contribution in [3.8, 4) is 5.75 Å². The molecule has 0 saturated heterocycles. The minimum absolute atomic E-state index is 0.729. The molecule has 0 bridgehead atoms. The summed E-state index contributed by atoms with van der Waals surface area (Å²) in [4.78, 5) is 14.0. The third kappa shape index (κ3) is 1.16. The average Bonchev–Trinajstić information content (AvgIpc) is 2.72. The zero-order chi connectivity index (χ0) is 10.3. The van der Waals surface area contributed by atoms with E-state index in [0.717, 1.165) is 48.0 Å². The van der Waals surface area contributed by atoms with Crippen molar-refractivity contribution in [2.24, 2.45) is 0 Å². The number of H-pyrrole nitrogens is 1. The third-order valence-corrected chi connectivity index (χ3v) is 2.90. The highest BCUT2D eigenvalue weighted by atomic mass is 16.5. The number of rotatable bonds is 1. The summed E-state index contributed by atoms with van der Waals surface area (Å²) >= 11 is 0. The van der Waals surface area contributed by atoms with E-state index in [1.165, 1.54) is 5.56 Å². The first-order valence-corrected chi connectivity index (χ1v) is 5.11. The van der Waals surface area contributed by atoms with Gasteiger partial charge in [0.1, 0.15) is 5.75 Å². The van der Waals surface area contributed by atoms with Gasteiger partial charge < -0.3 is 9.72 Å². The van der Waals surface area contributed by atoms with Gasteiger partial charge in [0.15, 0.2) is 6.29 Å². The molecule has 15 heavy (non-hydrogen) atoms. The van der Waals surface area contributed by atoms with E-state index in [0.29, 0.717) is 0 Å². The fourth-order valence-corrected chi connectivity index (χ4v) is 2.21. The van der Waals surface area contributed by atoms with Crippen LogP contribution in [0.2, 0.25) is 0 Å². The van der Waals surface area contributed by atoms with Gasteiger partial charge in [-0.05, 0) is 25.0 Å². The molecular weight excluding hydrogens is 190 g/mol. The topological polar surface area (TPSA) is 42.1 Å². The summed E-state index contributed by atoms with van der Waals surface area (Å²) in [5.74, 6) is 0.927. The number of aryl methyl sites for hydroxylation is 1. The van der Waals surface area contributed by atoms with E-state index in [1.54, 1.807) is 6.20 Å². The number of carbonyl (C=O) groups is 1. The summed E-state index contributed by atoms with van der Waals surface area (Å²) in [7, 11) is 0. The number of carbonyl (C=O) groups excluding carboxylic acids is 1. The van der Waals surface area contributed by atoms with Crippen LogP contribution in [-0.4, -0.2) is 17.9 Å². The van der Waals surface area contributed by atoms with Gasteiger partial charge in [0.05, 0.1) is 6.61 Å². The largest absolute Gasteiger partial charge is 0.493 e. The molecule has 1 aliphatic heterocycles. The predicted molar refractivity (Wildman–Crippen MR) is 57.5 cm³/mol. The second-order valence-corrected chi connectivity index (χ2v) is 3.78. The Morgan fingerprint density at radius 1 is 1.40 bits per heavy atom. The lowest BCUT2D eigenvalue weighted by molar-refractivity contribution is 0.112. The van der Waals surface area contributed by atoms with Gasteiger partial charge >= 0.3 is 0 Å². The molecule has 3 heteroatoms. The lowest BCUT2D eigenvalue weighted by Crippen LogP contribution is -2.08.